The highest BCUT2D eigenvalue weighted by Crippen LogP contribution is 2.14. The van der Waals surface area contributed by atoms with Crippen LogP contribution >= 0.6 is 0 Å². The molecule has 1 heterocycles. The van der Waals surface area contributed by atoms with Gasteiger partial charge >= 0.3 is 0 Å². The summed E-state index contributed by atoms with van der Waals surface area (Å²) in [6, 6.07) is 0.549. The summed E-state index contributed by atoms with van der Waals surface area (Å²) in [6.45, 7) is 5.65. The maximum Gasteiger partial charge on any atom is 0.0616 e. The van der Waals surface area contributed by atoms with Crippen LogP contribution in [-0.2, 0) is 4.74 Å². The summed E-state index contributed by atoms with van der Waals surface area (Å²) in [5.74, 6) is 0.653. The van der Waals surface area contributed by atoms with Crippen LogP contribution in [0.4, 0.5) is 0 Å². The molecule has 0 spiro atoms. The molecular formula is C8H15NO. The average Bonchev–Trinajstić information content (AvgIpc) is 2.37. The zero-order valence-electron chi connectivity index (χ0n) is 6.47. The van der Waals surface area contributed by atoms with Gasteiger partial charge in [0.15, 0.2) is 0 Å². The van der Waals surface area contributed by atoms with Crippen molar-refractivity contribution in [3.63, 3.8) is 0 Å². The standard InChI is InChI=1S/C8H15NO/c1-3-7-4-8(6-10-2)9-5-7/h3,7-9H,1,4-6H2,2H3/t7-,8?/m1/s1. The van der Waals surface area contributed by atoms with E-state index >= 15 is 0 Å². The number of ether oxygens (including phenoxy) is 1. The largest absolute Gasteiger partial charge is 0.383 e. The number of methoxy groups -OCH3 is 1. The molecule has 0 saturated carbocycles. The van der Waals surface area contributed by atoms with Crippen molar-refractivity contribution in [1.82, 2.24) is 5.32 Å². The maximum atomic E-state index is 5.02. The summed E-state index contributed by atoms with van der Waals surface area (Å²) in [6.07, 6.45) is 3.19. The molecule has 1 aliphatic heterocycles. The second kappa shape index (κ2) is 3.74. The molecule has 1 aliphatic rings. The van der Waals surface area contributed by atoms with E-state index in [-0.39, 0.29) is 0 Å². The molecule has 0 aromatic heterocycles. The van der Waals surface area contributed by atoms with Crippen LogP contribution in [0, 0.1) is 5.92 Å². The minimum atomic E-state index is 0.549. The molecule has 1 fully saturated rings. The van der Waals surface area contributed by atoms with Gasteiger partial charge in [-0.1, -0.05) is 6.08 Å². The van der Waals surface area contributed by atoms with Crippen molar-refractivity contribution in [2.45, 2.75) is 12.5 Å². The molecular weight excluding hydrogens is 126 g/mol. The van der Waals surface area contributed by atoms with Gasteiger partial charge in [0.1, 0.15) is 0 Å². The van der Waals surface area contributed by atoms with Gasteiger partial charge in [0, 0.05) is 19.7 Å². The molecule has 1 rings (SSSR count). The van der Waals surface area contributed by atoms with Crippen molar-refractivity contribution in [1.29, 1.82) is 0 Å². The monoisotopic (exact) mass is 141 g/mol. The highest BCUT2D eigenvalue weighted by molar-refractivity contribution is 4.90. The molecule has 1 saturated heterocycles. The second-order valence-corrected chi connectivity index (χ2v) is 2.79. The van der Waals surface area contributed by atoms with Crippen molar-refractivity contribution >= 4 is 0 Å². The van der Waals surface area contributed by atoms with E-state index in [4.69, 9.17) is 4.74 Å². The number of nitrogens with one attached hydrogen (secondary N) is 1. The van der Waals surface area contributed by atoms with E-state index in [0.29, 0.717) is 12.0 Å². The summed E-state index contributed by atoms with van der Waals surface area (Å²) >= 11 is 0. The quantitative estimate of drug-likeness (QED) is 0.587. The average molecular weight is 141 g/mol. The maximum absolute atomic E-state index is 5.02. The molecule has 1 unspecified atom stereocenters. The molecule has 0 aliphatic carbocycles. The van der Waals surface area contributed by atoms with Crippen molar-refractivity contribution in [3.8, 4) is 0 Å². The number of hydrogen-bond acceptors (Lipinski definition) is 2. The SMILES string of the molecule is C=C[C@H]1CNC(COC)C1. The van der Waals surface area contributed by atoms with Crippen LogP contribution in [0.1, 0.15) is 6.42 Å². The third kappa shape index (κ3) is 1.82. The third-order valence-corrected chi connectivity index (χ3v) is 1.96. The third-order valence-electron chi connectivity index (χ3n) is 1.96. The van der Waals surface area contributed by atoms with Crippen molar-refractivity contribution in [2.24, 2.45) is 5.92 Å². The van der Waals surface area contributed by atoms with Crippen LogP contribution in [0.15, 0.2) is 12.7 Å². The smallest absolute Gasteiger partial charge is 0.0616 e. The summed E-state index contributed by atoms with van der Waals surface area (Å²) in [5.41, 5.74) is 0. The Morgan fingerprint density at radius 2 is 2.60 bits per heavy atom. The Hall–Kier alpha value is -0.340. The van der Waals surface area contributed by atoms with Gasteiger partial charge in [-0.25, -0.2) is 0 Å². The highest BCUT2D eigenvalue weighted by Gasteiger charge is 2.20. The fourth-order valence-electron chi connectivity index (χ4n) is 1.36. The topological polar surface area (TPSA) is 21.3 Å². The first-order chi connectivity index (χ1) is 4.86. The predicted octanol–water partition coefficient (Wildman–Crippen LogP) is 0.797. The molecule has 10 heavy (non-hydrogen) atoms. The van der Waals surface area contributed by atoms with Crippen LogP contribution in [0.25, 0.3) is 0 Å². The molecule has 0 aromatic rings. The normalized spacial score (nSPS) is 32.5. The van der Waals surface area contributed by atoms with Gasteiger partial charge in [-0.15, -0.1) is 6.58 Å². The van der Waals surface area contributed by atoms with Gasteiger partial charge in [0.05, 0.1) is 6.61 Å². The summed E-state index contributed by atoms with van der Waals surface area (Å²) in [4.78, 5) is 0. The fraction of sp³-hybridized carbons (Fsp3) is 0.750. The molecule has 0 radical (unpaired) electrons. The Balaban J connectivity index is 2.21. The van der Waals surface area contributed by atoms with Gasteiger partial charge in [0.25, 0.3) is 0 Å². The molecule has 0 amide bonds. The molecule has 2 atom stereocenters. The molecule has 58 valence electrons. The highest BCUT2D eigenvalue weighted by atomic mass is 16.5. The van der Waals surface area contributed by atoms with Crippen molar-refractivity contribution in [3.05, 3.63) is 12.7 Å². The Morgan fingerprint density at radius 1 is 1.80 bits per heavy atom. The Bertz CT molecular complexity index is 114. The molecule has 0 bridgehead atoms. The molecule has 0 aromatic carbocycles. The zero-order chi connectivity index (χ0) is 7.40. The van der Waals surface area contributed by atoms with Gasteiger partial charge in [-0.3, -0.25) is 0 Å². The van der Waals surface area contributed by atoms with Gasteiger partial charge < -0.3 is 10.1 Å². The van der Waals surface area contributed by atoms with E-state index in [1.54, 1.807) is 7.11 Å². The van der Waals surface area contributed by atoms with Crippen LogP contribution in [0.3, 0.4) is 0 Å². The van der Waals surface area contributed by atoms with Crippen LogP contribution in [0.2, 0.25) is 0 Å². The van der Waals surface area contributed by atoms with E-state index in [1.807, 2.05) is 6.08 Å². The number of rotatable bonds is 3. The van der Waals surface area contributed by atoms with Crippen molar-refractivity contribution in [2.75, 3.05) is 20.3 Å². The first kappa shape index (κ1) is 7.76. The summed E-state index contributed by atoms with van der Waals surface area (Å²) in [5, 5.41) is 3.36. The van der Waals surface area contributed by atoms with Crippen LogP contribution in [0.5, 0.6) is 0 Å². The molecule has 2 heteroatoms. The van der Waals surface area contributed by atoms with Gasteiger partial charge in [0.2, 0.25) is 0 Å². The molecule has 2 nitrogen and oxygen atoms in total. The lowest BCUT2D eigenvalue weighted by molar-refractivity contribution is 0.173. The lowest BCUT2D eigenvalue weighted by atomic mass is 10.1. The Kier molecular flexibility index (Phi) is 2.90. The minimum absolute atomic E-state index is 0.549. The Labute approximate surface area is 62.3 Å². The van der Waals surface area contributed by atoms with Crippen LogP contribution < -0.4 is 5.32 Å². The first-order valence-electron chi connectivity index (χ1n) is 3.71. The van der Waals surface area contributed by atoms with Gasteiger partial charge in [-0.05, 0) is 12.3 Å². The lowest BCUT2D eigenvalue weighted by Gasteiger charge is -2.06. The lowest BCUT2D eigenvalue weighted by Crippen LogP contribution is -2.25. The van der Waals surface area contributed by atoms with E-state index in [2.05, 4.69) is 11.9 Å². The van der Waals surface area contributed by atoms with Gasteiger partial charge in [-0.2, -0.15) is 0 Å². The fourth-order valence-corrected chi connectivity index (χ4v) is 1.36. The van der Waals surface area contributed by atoms with E-state index in [1.165, 1.54) is 6.42 Å². The second-order valence-electron chi connectivity index (χ2n) is 2.79. The van der Waals surface area contributed by atoms with E-state index < -0.39 is 0 Å². The minimum Gasteiger partial charge on any atom is -0.383 e. The van der Waals surface area contributed by atoms with E-state index in [0.717, 1.165) is 13.2 Å². The number of hydrogen-bond donors (Lipinski definition) is 1. The van der Waals surface area contributed by atoms with Crippen molar-refractivity contribution < 1.29 is 4.74 Å². The summed E-state index contributed by atoms with van der Waals surface area (Å²) < 4.78 is 5.02. The zero-order valence-corrected chi connectivity index (χ0v) is 6.47. The molecule has 1 N–H and O–H groups in total. The summed E-state index contributed by atoms with van der Waals surface area (Å²) in [7, 11) is 1.74. The Morgan fingerprint density at radius 3 is 3.10 bits per heavy atom. The van der Waals surface area contributed by atoms with Crippen LogP contribution in [-0.4, -0.2) is 26.3 Å². The van der Waals surface area contributed by atoms with E-state index in [9.17, 15) is 0 Å². The predicted molar refractivity (Wildman–Crippen MR) is 42.0 cm³/mol. The first-order valence-corrected chi connectivity index (χ1v) is 3.71.